The lowest BCUT2D eigenvalue weighted by atomic mass is 10.1. The van der Waals surface area contributed by atoms with Crippen molar-refractivity contribution in [3.05, 3.63) is 29.5 Å². The fraction of sp³-hybridized carbons (Fsp3) is 0.385. The number of ether oxygens (including phenoxy) is 1. The summed E-state index contributed by atoms with van der Waals surface area (Å²) in [5.41, 5.74) is 2.54. The van der Waals surface area contributed by atoms with Crippen LogP contribution < -0.4 is 0 Å². The first-order valence-electron chi connectivity index (χ1n) is 5.61. The molecule has 0 spiro atoms. The highest BCUT2D eigenvalue weighted by molar-refractivity contribution is 5.95. The molecule has 1 aromatic carbocycles. The molecule has 0 unspecified atom stereocenters. The number of aromatic nitrogens is 2. The zero-order valence-electron chi connectivity index (χ0n) is 10.5. The molecule has 1 heterocycles. The summed E-state index contributed by atoms with van der Waals surface area (Å²) in [6.45, 7) is 6.11. The molecule has 4 heteroatoms. The molecule has 17 heavy (non-hydrogen) atoms. The van der Waals surface area contributed by atoms with Gasteiger partial charge < -0.3 is 4.74 Å². The second kappa shape index (κ2) is 4.20. The summed E-state index contributed by atoms with van der Waals surface area (Å²) < 4.78 is 6.68. The number of methoxy groups -OCH3 is 1. The van der Waals surface area contributed by atoms with E-state index < -0.39 is 0 Å². The van der Waals surface area contributed by atoms with Gasteiger partial charge in [-0.2, -0.15) is 5.10 Å². The number of benzene rings is 1. The minimum absolute atomic E-state index is 0.301. The van der Waals surface area contributed by atoms with Gasteiger partial charge in [0.05, 0.1) is 23.9 Å². The van der Waals surface area contributed by atoms with E-state index >= 15 is 0 Å². The van der Waals surface area contributed by atoms with E-state index in [1.165, 1.54) is 7.11 Å². The van der Waals surface area contributed by atoms with Crippen molar-refractivity contribution < 1.29 is 9.53 Å². The van der Waals surface area contributed by atoms with Gasteiger partial charge in [0.25, 0.3) is 0 Å². The van der Waals surface area contributed by atoms with Gasteiger partial charge in [-0.25, -0.2) is 4.79 Å². The van der Waals surface area contributed by atoms with Crippen LogP contribution in [0.15, 0.2) is 18.2 Å². The van der Waals surface area contributed by atoms with Gasteiger partial charge in [0.1, 0.15) is 0 Å². The van der Waals surface area contributed by atoms with Crippen LogP contribution in [0.5, 0.6) is 0 Å². The second-order valence-corrected chi connectivity index (χ2v) is 4.35. The van der Waals surface area contributed by atoms with Gasteiger partial charge in [-0.3, -0.25) is 4.68 Å². The maximum Gasteiger partial charge on any atom is 0.337 e. The minimum Gasteiger partial charge on any atom is -0.465 e. The third-order valence-corrected chi connectivity index (χ3v) is 2.80. The standard InChI is InChI=1S/C13H16N2O2/c1-8(2)15-12-6-5-10(13(16)17-4)7-11(12)9(3)14-15/h5-8H,1-4H3. The molecule has 90 valence electrons. The van der Waals surface area contributed by atoms with E-state index in [4.69, 9.17) is 4.74 Å². The van der Waals surface area contributed by atoms with E-state index in [1.54, 1.807) is 6.07 Å². The Kier molecular flexibility index (Phi) is 2.88. The van der Waals surface area contributed by atoms with Crippen LogP contribution in [0.4, 0.5) is 0 Å². The number of fused-ring (bicyclic) bond motifs is 1. The van der Waals surface area contributed by atoms with Crippen molar-refractivity contribution in [3.63, 3.8) is 0 Å². The van der Waals surface area contributed by atoms with Crippen LogP contribution >= 0.6 is 0 Å². The van der Waals surface area contributed by atoms with Crippen molar-refractivity contribution in [1.29, 1.82) is 0 Å². The molecule has 0 atom stereocenters. The van der Waals surface area contributed by atoms with Crippen molar-refractivity contribution >= 4 is 16.9 Å². The van der Waals surface area contributed by atoms with Crippen LogP contribution in [0.3, 0.4) is 0 Å². The second-order valence-electron chi connectivity index (χ2n) is 4.35. The molecule has 0 aliphatic carbocycles. The van der Waals surface area contributed by atoms with Gasteiger partial charge in [0, 0.05) is 11.4 Å². The molecule has 2 aromatic rings. The van der Waals surface area contributed by atoms with Crippen LogP contribution in [0, 0.1) is 6.92 Å². The summed E-state index contributed by atoms with van der Waals surface area (Å²) in [4.78, 5) is 11.5. The lowest BCUT2D eigenvalue weighted by molar-refractivity contribution is 0.0601. The van der Waals surface area contributed by atoms with E-state index in [-0.39, 0.29) is 5.97 Å². The molecule has 0 saturated carbocycles. The zero-order valence-corrected chi connectivity index (χ0v) is 10.5. The largest absolute Gasteiger partial charge is 0.465 e. The summed E-state index contributed by atoms with van der Waals surface area (Å²) in [5, 5.41) is 5.48. The third-order valence-electron chi connectivity index (χ3n) is 2.80. The van der Waals surface area contributed by atoms with Gasteiger partial charge >= 0.3 is 5.97 Å². The van der Waals surface area contributed by atoms with Gasteiger partial charge in [-0.1, -0.05) is 0 Å². The average Bonchev–Trinajstić information content (AvgIpc) is 2.65. The number of carbonyl (C=O) groups is 1. The molecule has 1 aromatic heterocycles. The van der Waals surface area contributed by atoms with Crippen molar-refractivity contribution in [3.8, 4) is 0 Å². The maximum absolute atomic E-state index is 11.5. The van der Waals surface area contributed by atoms with Crippen LogP contribution in [0.25, 0.3) is 10.9 Å². The van der Waals surface area contributed by atoms with E-state index in [2.05, 4.69) is 18.9 Å². The summed E-state index contributed by atoms with van der Waals surface area (Å²) in [7, 11) is 1.39. The molecule has 0 amide bonds. The van der Waals surface area contributed by atoms with Gasteiger partial charge in [0.2, 0.25) is 0 Å². The highest BCUT2D eigenvalue weighted by atomic mass is 16.5. The van der Waals surface area contributed by atoms with E-state index in [9.17, 15) is 4.79 Å². The summed E-state index contributed by atoms with van der Waals surface area (Å²) in [5.74, 6) is -0.316. The number of carbonyl (C=O) groups excluding carboxylic acids is 1. The topological polar surface area (TPSA) is 44.1 Å². The van der Waals surface area contributed by atoms with Gasteiger partial charge in [0.15, 0.2) is 0 Å². The maximum atomic E-state index is 11.5. The molecule has 0 N–H and O–H groups in total. The molecule has 0 radical (unpaired) electrons. The fourth-order valence-electron chi connectivity index (χ4n) is 1.93. The Morgan fingerprint density at radius 1 is 1.41 bits per heavy atom. The zero-order chi connectivity index (χ0) is 12.6. The van der Waals surface area contributed by atoms with E-state index in [0.717, 1.165) is 16.6 Å². The molecule has 0 bridgehead atoms. The van der Waals surface area contributed by atoms with E-state index in [1.807, 2.05) is 23.7 Å². The lowest BCUT2D eigenvalue weighted by Crippen LogP contribution is -2.03. The number of hydrogen-bond acceptors (Lipinski definition) is 3. The molecule has 2 rings (SSSR count). The molecule has 4 nitrogen and oxygen atoms in total. The Morgan fingerprint density at radius 3 is 2.71 bits per heavy atom. The van der Waals surface area contributed by atoms with Crippen molar-refractivity contribution in [2.45, 2.75) is 26.8 Å². The van der Waals surface area contributed by atoms with Crippen molar-refractivity contribution in [1.82, 2.24) is 9.78 Å². The predicted octanol–water partition coefficient (Wildman–Crippen LogP) is 2.71. The molecule has 0 aliphatic rings. The average molecular weight is 232 g/mol. The number of rotatable bonds is 2. The summed E-state index contributed by atoms with van der Waals surface area (Å²) in [6, 6.07) is 5.83. The number of esters is 1. The summed E-state index contributed by atoms with van der Waals surface area (Å²) >= 11 is 0. The number of aryl methyl sites for hydroxylation is 1. The Balaban J connectivity index is 2.63. The van der Waals surface area contributed by atoms with Crippen molar-refractivity contribution in [2.75, 3.05) is 7.11 Å². The molecular formula is C13H16N2O2. The smallest absolute Gasteiger partial charge is 0.337 e. The Morgan fingerprint density at radius 2 is 2.12 bits per heavy atom. The summed E-state index contributed by atoms with van der Waals surface area (Å²) in [6.07, 6.45) is 0. The number of nitrogens with zero attached hydrogens (tertiary/aromatic N) is 2. The van der Waals surface area contributed by atoms with Gasteiger partial charge in [-0.15, -0.1) is 0 Å². The first-order chi connectivity index (χ1) is 8.04. The van der Waals surface area contributed by atoms with Gasteiger partial charge in [-0.05, 0) is 39.0 Å². The van der Waals surface area contributed by atoms with Crippen LogP contribution in [-0.4, -0.2) is 22.9 Å². The fourth-order valence-corrected chi connectivity index (χ4v) is 1.93. The number of hydrogen-bond donors (Lipinski definition) is 0. The van der Waals surface area contributed by atoms with Crippen LogP contribution in [-0.2, 0) is 4.74 Å². The Bertz CT molecular complexity index is 570. The highest BCUT2D eigenvalue weighted by Gasteiger charge is 2.12. The normalized spacial score (nSPS) is 11.1. The molecule has 0 fully saturated rings. The monoisotopic (exact) mass is 232 g/mol. The SMILES string of the molecule is COC(=O)c1ccc2c(c1)c(C)nn2C(C)C. The first kappa shape index (κ1) is 11.6. The Hall–Kier alpha value is -1.84. The third kappa shape index (κ3) is 1.90. The lowest BCUT2D eigenvalue weighted by Gasteiger charge is -2.07. The highest BCUT2D eigenvalue weighted by Crippen LogP contribution is 2.22. The molecule has 0 saturated heterocycles. The Labute approximate surface area is 100 Å². The molecule has 0 aliphatic heterocycles. The quantitative estimate of drug-likeness (QED) is 0.748. The minimum atomic E-state index is -0.316. The predicted molar refractivity (Wildman–Crippen MR) is 66.2 cm³/mol. The van der Waals surface area contributed by atoms with Crippen LogP contribution in [0.2, 0.25) is 0 Å². The first-order valence-corrected chi connectivity index (χ1v) is 5.61. The van der Waals surface area contributed by atoms with Crippen molar-refractivity contribution in [2.24, 2.45) is 0 Å². The van der Waals surface area contributed by atoms with E-state index in [0.29, 0.717) is 11.6 Å². The molecular weight excluding hydrogens is 216 g/mol. The van der Waals surface area contributed by atoms with Crippen LogP contribution in [0.1, 0.15) is 35.9 Å².